The van der Waals surface area contributed by atoms with E-state index in [0.29, 0.717) is 5.69 Å². The Balaban J connectivity index is 1.86. The molecular weight excluding hydrogens is 385 g/mol. The largest absolute Gasteiger partial charge is 0.444 e. The standard InChI is InChI=1S/C23H26FN3O3/c1-22(2,3)30-21(28)27-19(12-24)20(29-23(27,4)5)16-8-6-15(7-9-16)17-10-11-18(13-25)26-14-17/h6-11,14,19-20H,12H2,1-5H3. The van der Waals surface area contributed by atoms with Gasteiger partial charge in [0.1, 0.15) is 35.9 Å². The van der Waals surface area contributed by atoms with Crippen LogP contribution in [0.3, 0.4) is 0 Å². The van der Waals surface area contributed by atoms with Crippen LogP contribution in [0.15, 0.2) is 42.6 Å². The third-order valence-electron chi connectivity index (χ3n) is 4.88. The fraction of sp³-hybridized carbons (Fsp3) is 0.435. The highest BCUT2D eigenvalue weighted by Gasteiger charge is 2.51. The molecule has 158 valence electrons. The molecule has 1 aromatic carbocycles. The summed E-state index contributed by atoms with van der Waals surface area (Å²) in [5.74, 6) is 0. The van der Waals surface area contributed by atoms with Crippen LogP contribution in [-0.4, -0.2) is 40.0 Å². The monoisotopic (exact) mass is 411 g/mol. The second kappa shape index (κ2) is 8.04. The molecule has 0 spiro atoms. The molecule has 7 heteroatoms. The first-order valence-electron chi connectivity index (χ1n) is 9.78. The summed E-state index contributed by atoms with van der Waals surface area (Å²) in [4.78, 5) is 18.2. The smallest absolute Gasteiger partial charge is 0.413 e. The van der Waals surface area contributed by atoms with Gasteiger partial charge in [0.25, 0.3) is 0 Å². The van der Waals surface area contributed by atoms with Crippen molar-refractivity contribution in [1.29, 1.82) is 5.26 Å². The second-order valence-electron chi connectivity index (χ2n) is 8.72. The van der Waals surface area contributed by atoms with Crippen molar-refractivity contribution in [1.82, 2.24) is 9.88 Å². The van der Waals surface area contributed by atoms with Gasteiger partial charge in [-0.15, -0.1) is 0 Å². The summed E-state index contributed by atoms with van der Waals surface area (Å²) in [6, 6.07) is 12.2. The molecule has 1 aliphatic rings. The number of pyridine rings is 1. The average Bonchev–Trinajstić information content (AvgIpc) is 2.97. The van der Waals surface area contributed by atoms with E-state index in [2.05, 4.69) is 4.98 Å². The van der Waals surface area contributed by atoms with Crippen molar-refractivity contribution >= 4 is 6.09 Å². The summed E-state index contributed by atoms with van der Waals surface area (Å²) in [6.45, 7) is 8.02. The zero-order valence-corrected chi connectivity index (χ0v) is 17.8. The van der Waals surface area contributed by atoms with Gasteiger partial charge in [0, 0.05) is 11.8 Å². The van der Waals surface area contributed by atoms with Crippen LogP contribution in [0.1, 0.15) is 52.0 Å². The molecule has 2 aromatic rings. The minimum absolute atomic E-state index is 0.352. The van der Waals surface area contributed by atoms with Gasteiger partial charge in [-0.05, 0) is 57.9 Å². The van der Waals surface area contributed by atoms with E-state index < -0.39 is 36.2 Å². The molecule has 0 bridgehead atoms. The molecule has 2 atom stereocenters. The molecule has 0 radical (unpaired) electrons. The zero-order chi connectivity index (χ0) is 22.1. The number of halogens is 1. The Morgan fingerprint density at radius 2 is 1.87 bits per heavy atom. The number of nitrogens with zero attached hydrogens (tertiary/aromatic N) is 3. The van der Waals surface area contributed by atoms with Crippen molar-refractivity contribution in [3.05, 3.63) is 53.9 Å². The van der Waals surface area contributed by atoms with E-state index in [9.17, 15) is 9.18 Å². The number of carbonyl (C=O) groups excluding carboxylic acids is 1. The minimum Gasteiger partial charge on any atom is -0.444 e. The fourth-order valence-electron chi connectivity index (χ4n) is 3.58. The van der Waals surface area contributed by atoms with Crippen LogP contribution in [-0.2, 0) is 9.47 Å². The Hall–Kier alpha value is -2.98. The van der Waals surface area contributed by atoms with Crippen molar-refractivity contribution in [3.63, 3.8) is 0 Å². The lowest BCUT2D eigenvalue weighted by molar-refractivity contribution is -0.0797. The van der Waals surface area contributed by atoms with Gasteiger partial charge in [-0.2, -0.15) is 5.26 Å². The first-order chi connectivity index (χ1) is 14.1. The van der Waals surface area contributed by atoms with E-state index in [1.807, 2.05) is 36.4 Å². The Bertz CT molecular complexity index is 944. The number of aromatic nitrogens is 1. The molecule has 1 saturated heterocycles. The van der Waals surface area contributed by atoms with Gasteiger partial charge in [0.05, 0.1) is 6.04 Å². The summed E-state index contributed by atoms with van der Waals surface area (Å²) in [5.41, 5.74) is 1.19. The summed E-state index contributed by atoms with van der Waals surface area (Å²) in [7, 11) is 0. The van der Waals surface area contributed by atoms with Crippen molar-refractivity contribution in [2.45, 2.75) is 58.1 Å². The molecular formula is C23H26FN3O3. The van der Waals surface area contributed by atoms with E-state index in [0.717, 1.165) is 16.7 Å². The molecule has 6 nitrogen and oxygen atoms in total. The Kier molecular flexibility index (Phi) is 5.82. The van der Waals surface area contributed by atoms with Gasteiger partial charge >= 0.3 is 6.09 Å². The number of hydrogen-bond donors (Lipinski definition) is 0. The molecule has 2 heterocycles. The van der Waals surface area contributed by atoms with Crippen LogP contribution in [0.5, 0.6) is 0 Å². The van der Waals surface area contributed by atoms with Gasteiger partial charge in [0.2, 0.25) is 0 Å². The molecule has 1 aliphatic heterocycles. The van der Waals surface area contributed by atoms with Crippen LogP contribution < -0.4 is 0 Å². The quantitative estimate of drug-likeness (QED) is 0.710. The number of alkyl halides is 1. The van der Waals surface area contributed by atoms with E-state index in [-0.39, 0.29) is 0 Å². The Morgan fingerprint density at radius 1 is 1.23 bits per heavy atom. The Morgan fingerprint density at radius 3 is 2.37 bits per heavy atom. The normalized spacial score (nSPS) is 20.6. The number of hydrogen-bond acceptors (Lipinski definition) is 5. The summed E-state index contributed by atoms with van der Waals surface area (Å²) in [5, 5.41) is 8.88. The highest BCUT2D eigenvalue weighted by atomic mass is 19.1. The Labute approximate surface area is 176 Å². The third-order valence-corrected chi connectivity index (χ3v) is 4.88. The second-order valence-corrected chi connectivity index (χ2v) is 8.72. The first-order valence-corrected chi connectivity index (χ1v) is 9.78. The topological polar surface area (TPSA) is 75.5 Å². The number of nitriles is 1. The fourth-order valence-corrected chi connectivity index (χ4v) is 3.58. The van der Waals surface area contributed by atoms with Crippen LogP contribution in [0.2, 0.25) is 0 Å². The summed E-state index contributed by atoms with van der Waals surface area (Å²) >= 11 is 0. The predicted octanol–water partition coefficient (Wildman–Crippen LogP) is 5.00. The molecule has 0 saturated carbocycles. The minimum atomic E-state index is -1.01. The van der Waals surface area contributed by atoms with Crippen molar-refractivity contribution in [2.24, 2.45) is 0 Å². The SMILES string of the molecule is CC(C)(C)OC(=O)N1C(CF)C(c2ccc(-c3ccc(C#N)nc3)cc2)OC1(C)C. The maximum Gasteiger partial charge on any atom is 0.413 e. The molecule has 0 aliphatic carbocycles. The number of amides is 1. The molecule has 1 aromatic heterocycles. The third kappa shape index (κ3) is 4.44. The molecule has 1 amide bonds. The van der Waals surface area contributed by atoms with Crippen molar-refractivity contribution in [2.75, 3.05) is 6.67 Å². The van der Waals surface area contributed by atoms with Crippen molar-refractivity contribution < 1.29 is 18.7 Å². The lowest BCUT2D eigenvalue weighted by Gasteiger charge is -2.34. The van der Waals surface area contributed by atoms with Crippen LogP contribution in [0.25, 0.3) is 11.1 Å². The summed E-state index contributed by atoms with van der Waals surface area (Å²) < 4.78 is 25.7. The number of rotatable bonds is 3. The lowest BCUT2D eigenvalue weighted by atomic mass is 9.99. The predicted molar refractivity (Wildman–Crippen MR) is 110 cm³/mol. The van der Waals surface area contributed by atoms with E-state index in [1.165, 1.54) is 4.90 Å². The average molecular weight is 411 g/mol. The van der Waals surface area contributed by atoms with Crippen LogP contribution in [0.4, 0.5) is 9.18 Å². The molecule has 30 heavy (non-hydrogen) atoms. The van der Waals surface area contributed by atoms with Gasteiger partial charge < -0.3 is 9.47 Å². The van der Waals surface area contributed by atoms with E-state index in [4.69, 9.17) is 14.7 Å². The maximum absolute atomic E-state index is 14.1. The number of carbonyl (C=O) groups is 1. The van der Waals surface area contributed by atoms with Gasteiger partial charge in [-0.25, -0.2) is 14.2 Å². The van der Waals surface area contributed by atoms with Gasteiger partial charge in [0.15, 0.2) is 0 Å². The molecule has 2 unspecified atom stereocenters. The zero-order valence-electron chi connectivity index (χ0n) is 17.8. The number of ether oxygens (including phenoxy) is 2. The molecule has 3 rings (SSSR count). The van der Waals surface area contributed by atoms with Gasteiger partial charge in [-0.3, -0.25) is 4.90 Å². The summed E-state index contributed by atoms with van der Waals surface area (Å²) in [6.07, 6.45) is 0.417. The molecule has 1 fully saturated rings. The van der Waals surface area contributed by atoms with E-state index >= 15 is 0 Å². The lowest BCUT2D eigenvalue weighted by Crippen LogP contribution is -2.50. The van der Waals surface area contributed by atoms with Crippen molar-refractivity contribution in [3.8, 4) is 17.2 Å². The highest BCUT2D eigenvalue weighted by Crippen LogP contribution is 2.42. The highest BCUT2D eigenvalue weighted by molar-refractivity contribution is 5.70. The van der Waals surface area contributed by atoms with E-state index in [1.54, 1.807) is 46.9 Å². The van der Waals surface area contributed by atoms with Crippen LogP contribution in [0, 0.1) is 11.3 Å². The van der Waals surface area contributed by atoms with Crippen LogP contribution >= 0.6 is 0 Å². The van der Waals surface area contributed by atoms with Gasteiger partial charge in [-0.1, -0.05) is 24.3 Å². The maximum atomic E-state index is 14.1. The first kappa shape index (κ1) is 21.7. The molecule has 0 N–H and O–H groups in total. The number of benzene rings is 1.